The van der Waals surface area contributed by atoms with Crippen LogP contribution in [0.25, 0.3) is 0 Å². The average molecular weight is 414 g/mol. The van der Waals surface area contributed by atoms with Crippen molar-refractivity contribution in [1.29, 1.82) is 0 Å². The predicted octanol–water partition coefficient (Wildman–Crippen LogP) is 2.12. The third-order valence-electron chi connectivity index (χ3n) is 5.98. The van der Waals surface area contributed by atoms with Gasteiger partial charge >= 0.3 is 0 Å². The number of nitrogens with one attached hydrogen (secondary N) is 2. The highest BCUT2D eigenvalue weighted by molar-refractivity contribution is 5.94. The Morgan fingerprint density at radius 3 is 2.50 bits per heavy atom. The van der Waals surface area contributed by atoms with Crippen LogP contribution >= 0.6 is 0 Å². The molecule has 0 bridgehead atoms. The molecule has 6 nitrogen and oxygen atoms in total. The van der Waals surface area contributed by atoms with Gasteiger partial charge in [-0.25, -0.2) is 8.78 Å². The van der Waals surface area contributed by atoms with Crippen molar-refractivity contribution in [2.24, 2.45) is 0 Å². The number of halogens is 2. The summed E-state index contributed by atoms with van der Waals surface area (Å²) >= 11 is 0. The van der Waals surface area contributed by atoms with Crippen molar-refractivity contribution >= 4 is 17.5 Å². The minimum absolute atomic E-state index is 0.0673. The number of hydrogen-bond donors (Lipinski definition) is 2. The molecule has 2 aliphatic rings. The van der Waals surface area contributed by atoms with Crippen LogP contribution in [0.2, 0.25) is 0 Å². The monoisotopic (exact) mass is 414 g/mol. The lowest BCUT2D eigenvalue weighted by molar-refractivity contribution is -0.125. The van der Waals surface area contributed by atoms with Gasteiger partial charge in [0.1, 0.15) is 5.54 Å². The molecule has 0 aliphatic carbocycles. The van der Waals surface area contributed by atoms with Gasteiger partial charge in [-0.1, -0.05) is 18.2 Å². The summed E-state index contributed by atoms with van der Waals surface area (Å²) in [5.41, 5.74) is 0.586. The van der Waals surface area contributed by atoms with E-state index >= 15 is 0 Å². The molecule has 8 heteroatoms. The molecule has 2 aromatic rings. The zero-order chi connectivity index (χ0) is 21.1. The van der Waals surface area contributed by atoms with Crippen LogP contribution in [-0.2, 0) is 4.79 Å². The molecule has 2 heterocycles. The van der Waals surface area contributed by atoms with E-state index < -0.39 is 23.1 Å². The Balaban J connectivity index is 1.30. The van der Waals surface area contributed by atoms with Gasteiger partial charge in [0.25, 0.3) is 5.91 Å². The lowest BCUT2D eigenvalue weighted by Crippen LogP contribution is -2.57. The minimum atomic E-state index is -1.04. The number of nitrogens with zero attached hydrogens (tertiary/aromatic N) is 2. The highest BCUT2D eigenvalue weighted by Gasteiger charge is 2.50. The number of para-hydroxylation sites is 1. The molecule has 158 valence electrons. The van der Waals surface area contributed by atoms with Gasteiger partial charge < -0.3 is 20.4 Å². The maximum absolute atomic E-state index is 13.3. The highest BCUT2D eigenvalue weighted by atomic mass is 19.2. The molecule has 0 saturated carbocycles. The molecule has 1 spiro atoms. The first-order valence-electron chi connectivity index (χ1n) is 10.1. The molecule has 2 saturated heterocycles. The number of likely N-dealkylation sites (tertiary alicyclic amines) is 1. The fraction of sp³-hybridized carbons (Fsp3) is 0.364. The van der Waals surface area contributed by atoms with Gasteiger partial charge in [-0.15, -0.1) is 0 Å². The summed E-state index contributed by atoms with van der Waals surface area (Å²) in [5, 5.41) is 5.72. The third kappa shape index (κ3) is 3.87. The molecule has 2 N–H and O–H groups in total. The molecular formula is C22H24F2N4O2. The maximum Gasteiger partial charge on any atom is 0.251 e. The van der Waals surface area contributed by atoms with Crippen LogP contribution in [0.15, 0.2) is 48.5 Å². The average Bonchev–Trinajstić information content (AvgIpc) is 3.07. The van der Waals surface area contributed by atoms with Crippen molar-refractivity contribution in [2.75, 3.05) is 37.7 Å². The summed E-state index contributed by atoms with van der Waals surface area (Å²) in [5.74, 6) is -2.39. The second-order valence-electron chi connectivity index (χ2n) is 7.69. The number of amides is 2. The van der Waals surface area contributed by atoms with Gasteiger partial charge in [0.2, 0.25) is 5.91 Å². The molecule has 4 rings (SSSR count). The Morgan fingerprint density at radius 2 is 1.80 bits per heavy atom. The fourth-order valence-electron chi connectivity index (χ4n) is 4.25. The van der Waals surface area contributed by atoms with Crippen LogP contribution < -0.4 is 15.5 Å². The summed E-state index contributed by atoms with van der Waals surface area (Å²) in [4.78, 5) is 29.1. The standard InChI is InChI=1S/C22H24F2N4O2/c23-18-7-6-16(14-19(18)24)20(29)25-10-13-27-11-8-22(9-12-27)21(30)26-15-28(22)17-4-2-1-3-5-17/h1-7,14H,8-13,15H2,(H,25,29)(H,26,30). The second kappa shape index (κ2) is 8.39. The first-order valence-corrected chi connectivity index (χ1v) is 10.1. The van der Waals surface area contributed by atoms with Crippen molar-refractivity contribution in [3.63, 3.8) is 0 Å². The summed E-state index contributed by atoms with van der Waals surface area (Å²) in [6, 6.07) is 13.0. The molecule has 2 amide bonds. The Kier molecular flexibility index (Phi) is 5.67. The van der Waals surface area contributed by atoms with Crippen molar-refractivity contribution in [2.45, 2.75) is 18.4 Å². The van der Waals surface area contributed by atoms with Crippen LogP contribution in [0.4, 0.5) is 14.5 Å². The van der Waals surface area contributed by atoms with E-state index in [0.29, 0.717) is 32.6 Å². The number of benzene rings is 2. The Morgan fingerprint density at radius 1 is 1.07 bits per heavy atom. The van der Waals surface area contributed by atoms with Gasteiger partial charge in [0, 0.05) is 37.4 Å². The van der Waals surface area contributed by atoms with Crippen molar-refractivity contribution in [1.82, 2.24) is 15.5 Å². The third-order valence-corrected chi connectivity index (χ3v) is 5.98. The molecule has 30 heavy (non-hydrogen) atoms. The largest absolute Gasteiger partial charge is 0.351 e. The summed E-state index contributed by atoms with van der Waals surface area (Å²) < 4.78 is 26.3. The number of carbonyl (C=O) groups excluding carboxylic acids is 2. The van der Waals surface area contributed by atoms with Crippen molar-refractivity contribution in [3.05, 3.63) is 65.7 Å². The van der Waals surface area contributed by atoms with Crippen LogP contribution in [0, 0.1) is 11.6 Å². The van der Waals surface area contributed by atoms with E-state index in [2.05, 4.69) is 20.4 Å². The smallest absolute Gasteiger partial charge is 0.251 e. The second-order valence-corrected chi connectivity index (χ2v) is 7.69. The number of carbonyl (C=O) groups is 2. The van der Waals surface area contributed by atoms with Gasteiger partial charge in [-0.2, -0.15) is 0 Å². The van der Waals surface area contributed by atoms with Crippen LogP contribution in [0.3, 0.4) is 0 Å². The first kappa shape index (κ1) is 20.3. The lowest BCUT2D eigenvalue weighted by Gasteiger charge is -2.43. The van der Waals surface area contributed by atoms with E-state index in [1.807, 2.05) is 30.3 Å². The summed E-state index contributed by atoms with van der Waals surface area (Å²) in [6.45, 7) is 2.99. The molecule has 2 aliphatic heterocycles. The van der Waals surface area contributed by atoms with E-state index in [4.69, 9.17) is 0 Å². The van der Waals surface area contributed by atoms with E-state index in [0.717, 1.165) is 30.9 Å². The first-order chi connectivity index (χ1) is 14.5. The highest BCUT2D eigenvalue weighted by Crippen LogP contribution is 2.35. The van der Waals surface area contributed by atoms with Crippen LogP contribution in [0.5, 0.6) is 0 Å². The number of hydrogen-bond acceptors (Lipinski definition) is 4. The molecule has 0 unspecified atom stereocenters. The van der Waals surface area contributed by atoms with Gasteiger partial charge in [-0.3, -0.25) is 9.59 Å². The van der Waals surface area contributed by atoms with Gasteiger partial charge in [0.05, 0.1) is 6.67 Å². The zero-order valence-corrected chi connectivity index (χ0v) is 16.5. The Bertz CT molecular complexity index is 930. The summed E-state index contributed by atoms with van der Waals surface area (Å²) in [7, 11) is 0. The van der Waals surface area contributed by atoms with E-state index in [1.54, 1.807) is 0 Å². The molecular weight excluding hydrogens is 390 g/mol. The van der Waals surface area contributed by atoms with Crippen LogP contribution in [0.1, 0.15) is 23.2 Å². The predicted molar refractivity (Wildman–Crippen MR) is 109 cm³/mol. The quantitative estimate of drug-likeness (QED) is 0.787. The summed E-state index contributed by atoms with van der Waals surface area (Å²) in [6.07, 6.45) is 1.40. The van der Waals surface area contributed by atoms with Gasteiger partial charge in [-0.05, 0) is 43.2 Å². The van der Waals surface area contributed by atoms with Crippen LogP contribution in [-0.4, -0.2) is 55.1 Å². The number of piperidine rings is 1. The minimum Gasteiger partial charge on any atom is -0.351 e. The molecule has 0 aromatic heterocycles. The van der Waals surface area contributed by atoms with E-state index in [1.165, 1.54) is 6.07 Å². The molecule has 2 aromatic carbocycles. The Hall–Kier alpha value is -3.00. The fourth-order valence-corrected chi connectivity index (χ4v) is 4.25. The number of rotatable bonds is 5. The maximum atomic E-state index is 13.3. The van der Waals surface area contributed by atoms with E-state index in [-0.39, 0.29) is 11.5 Å². The number of anilines is 1. The molecule has 0 atom stereocenters. The Labute approximate surface area is 173 Å². The topological polar surface area (TPSA) is 64.7 Å². The molecule has 2 fully saturated rings. The van der Waals surface area contributed by atoms with E-state index in [9.17, 15) is 18.4 Å². The zero-order valence-electron chi connectivity index (χ0n) is 16.5. The van der Waals surface area contributed by atoms with Crippen molar-refractivity contribution < 1.29 is 18.4 Å². The van der Waals surface area contributed by atoms with Gasteiger partial charge in [0.15, 0.2) is 11.6 Å². The SMILES string of the molecule is O=C(NCCN1CCC2(CC1)C(=O)NCN2c1ccccc1)c1ccc(F)c(F)c1. The van der Waals surface area contributed by atoms with Crippen molar-refractivity contribution in [3.8, 4) is 0 Å². The lowest BCUT2D eigenvalue weighted by atomic mass is 9.85. The normalized spacial score (nSPS) is 18.5. The molecule has 0 radical (unpaired) electrons.